The van der Waals surface area contributed by atoms with Crippen LogP contribution >= 0.6 is 0 Å². The lowest BCUT2D eigenvalue weighted by atomic mass is 10.0. The van der Waals surface area contributed by atoms with Crippen LogP contribution in [0.1, 0.15) is 45.7 Å². The van der Waals surface area contributed by atoms with Gasteiger partial charge in [-0.15, -0.1) is 11.8 Å². The van der Waals surface area contributed by atoms with Gasteiger partial charge in [0.05, 0.1) is 13.2 Å². The van der Waals surface area contributed by atoms with Gasteiger partial charge in [-0.05, 0) is 45.0 Å². The first-order valence-electron chi connectivity index (χ1n) is 7.29. The third-order valence-corrected chi connectivity index (χ3v) is 2.90. The fourth-order valence-electron chi connectivity index (χ4n) is 2.04. The molecular formula is C17H25NO2. The second kappa shape index (κ2) is 9.28. The van der Waals surface area contributed by atoms with Crippen molar-refractivity contribution < 1.29 is 9.47 Å². The Kier molecular flexibility index (Phi) is 7.60. The molecule has 0 heterocycles. The van der Waals surface area contributed by atoms with Gasteiger partial charge >= 0.3 is 0 Å². The summed E-state index contributed by atoms with van der Waals surface area (Å²) in [5.41, 5.74) is 1.18. The van der Waals surface area contributed by atoms with Crippen LogP contribution in [0.2, 0.25) is 0 Å². The van der Waals surface area contributed by atoms with Crippen LogP contribution in [-0.4, -0.2) is 19.8 Å². The largest absolute Gasteiger partial charge is 0.490 e. The molecule has 0 aliphatic carbocycles. The molecule has 3 nitrogen and oxygen atoms in total. The van der Waals surface area contributed by atoms with Crippen LogP contribution in [0.4, 0.5) is 0 Å². The van der Waals surface area contributed by atoms with Gasteiger partial charge in [0.1, 0.15) is 0 Å². The van der Waals surface area contributed by atoms with E-state index in [9.17, 15) is 0 Å². The number of nitrogens with one attached hydrogen (secondary N) is 1. The highest BCUT2D eigenvalue weighted by molar-refractivity contribution is 5.44. The maximum absolute atomic E-state index is 5.67. The zero-order valence-electron chi connectivity index (χ0n) is 13.0. The Labute approximate surface area is 122 Å². The average Bonchev–Trinajstić information content (AvgIpc) is 2.46. The molecule has 0 spiro atoms. The summed E-state index contributed by atoms with van der Waals surface area (Å²) in [4.78, 5) is 0. The number of rotatable bonds is 8. The molecule has 0 radical (unpaired) electrons. The summed E-state index contributed by atoms with van der Waals surface area (Å²) in [5, 5.41) is 3.46. The maximum Gasteiger partial charge on any atom is 0.161 e. The Hall–Kier alpha value is -1.66. The number of hydrogen-bond acceptors (Lipinski definition) is 3. The average molecular weight is 275 g/mol. The molecule has 1 rings (SSSR count). The second-order valence-electron chi connectivity index (χ2n) is 4.31. The summed E-state index contributed by atoms with van der Waals surface area (Å²) >= 11 is 0. The molecule has 0 amide bonds. The van der Waals surface area contributed by atoms with E-state index in [1.54, 1.807) is 0 Å². The molecule has 1 aromatic carbocycles. The maximum atomic E-state index is 5.67. The van der Waals surface area contributed by atoms with Crippen LogP contribution in [0.5, 0.6) is 11.5 Å². The van der Waals surface area contributed by atoms with E-state index in [2.05, 4.69) is 36.2 Å². The Balaban J connectivity index is 3.01. The van der Waals surface area contributed by atoms with E-state index in [1.807, 2.05) is 26.8 Å². The molecule has 1 aromatic rings. The minimum atomic E-state index is 0.224. The van der Waals surface area contributed by atoms with Crippen molar-refractivity contribution in [3.8, 4) is 23.3 Å². The van der Waals surface area contributed by atoms with Crippen LogP contribution in [0.25, 0.3) is 0 Å². The van der Waals surface area contributed by atoms with E-state index in [-0.39, 0.29) is 6.04 Å². The first-order valence-corrected chi connectivity index (χ1v) is 7.29. The van der Waals surface area contributed by atoms with E-state index >= 15 is 0 Å². The SMILES string of the molecule is CC#CCC(NCC)c1ccc(OCC)c(OCC)c1. The summed E-state index contributed by atoms with van der Waals surface area (Å²) in [6.45, 7) is 10.1. The van der Waals surface area contributed by atoms with Gasteiger partial charge in [0.15, 0.2) is 11.5 Å². The third-order valence-electron chi connectivity index (χ3n) is 2.90. The van der Waals surface area contributed by atoms with Gasteiger partial charge in [-0.1, -0.05) is 13.0 Å². The van der Waals surface area contributed by atoms with Crippen LogP contribution in [0, 0.1) is 11.8 Å². The third kappa shape index (κ3) is 4.79. The van der Waals surface area contributed by atoms with Gasteiger partial charge in [0.25, 0.3) is 0 Å². The zero-order valence-corrected chi connectivity index (χ0v) is 13.0. The highest BCUT2D eigenvalue weighted by Gasteiger charge is 2.13. The molecule has 20 heavy (non-hydrogen) atoms. The first-order chi connectivity index (χ1) is 9.76. The monoisotopic (exact) mass is 275 g/mol. The normalized spacial score (nSPS) is 11.4. The first kappa shape index (κ1) is 16.4. The minimum absolute atomic E-state index is 0.224. The lowest BCUT2D eigenvalue weighted by Crippen LogP contribution is -2.20. The predicted molar refractivity (Wildman–Crippen MR) is 83.3 cm³/mol. The van der Waals surface area contributed by atoms with E-state index in [1.165, 1.54) is 5.56 Å². The predicted octanol–water partition coefficient (Wildman–Crippen LogP) is 3.55. The smallest absolute Gasteiger partial charge is 0.161 e. The van der Waals surface area contributed by atoms with Crippen molar-refractivity contribution in [1.29, 1.82) is 0 Å². The van der Waals surface area contributed by atoms with Gasteiger partial charge in [0.2, 0.25) is 0 Å². The summed E-state index contributed by atoms with van der Waals surface area (Å²) in [5.74, 6) is 7.70. The van der Waals surface area contributed by atoms with E-state index in [0.717, 1.165) is 24.5 Å². The zero-order chi connectivity index (χ0) is 14.8. The Bertz CT molecular complexity index is 460. The van der Waals surface area contributed by atoms with E-state index in [4.69, 9.17) is 9.47 Å². The van der Waals surface area contributed by atoms with Gasteiger partial charge in [-0.25, -0.2) is 0 Å². The molecule has 0 aliphatic rings. The number of ether oxygens (including phenoxy) is 2. The Morgan fingerprint density at radius 2 is 1.80 bits per heavy atom. The summed E-state index contributed by atoms with van der Waals surface area (Å²) in [6, 6.07) is 6.34. The van der Waals surface area contributed by atoms with Gasteiger partial charge in [0, 0.05) is 12.5 Å². The molecule has 0 aliphatic heterocycles. The van der Waals surface area contributed by atoms with Crippen molar-refractivity contribution in [1.82, 2.24) is 5.32 Å². The fourth-order valence-corrected chi connectivity index (χ4v) is 2.04. The molecule has 1 N–H and O–H groups in total. The molecule has 1 atom stereocenters. The molecule has 110 valence electrons. The molecule has 3 heteroatoms. The van der Waals surface area contributed by atoms with Crippen molar-refractivity contribution in [2.45, 2.75) is 40.2 Å². The van der Waals surface area contributed by atoms with E-state index < -0.39 is 0 Å². The number of hydrogen-bond donors (Lipinski definition) is 1. The molecule has 0 fully saturated rings. The topological polar surface area (TPSA) is 30.5 Å². The Morgan fingerprint density at radius 3 is 2.40 bits per heavy atom. The Morgan fingerprint density at radius 1 is 1.10 bits per heavy atom. The second-order valence-corrected chi connectivity index (χ2v) is 4.31. The molecule has 0 saturated heterocycles. The van der Waals surface area contributed by atoms with Gasteiger partial charge in [-0.2, -0.15) is 0 Å². The molecule has 1 unspecified atom stereocenters. The quantitative estimate of drug-likeness (QED) is 0.736. The molecular weight excluding hydrogens is 250 g/mol. The standard InChI is InChI=1S/C17H25NO2/c1-5-9-10-15(18-6-2)14-11-12-16(19-7-3)17(13-14)20-8-4/h11-13,15,18H,6-8,10H2,1-4H3. The highest BCUT2D eigenvalue weighted by Crippen LogP contribution is 2.31. The molecule has 0 saturated carbocycles. The van der Waals surface area contributed by atoms with Crippen molar-refractivity contribution in [3.63, 3.8) is 0 Å². The van der Waals surface area contributed by atoms with E-state index in [0.29, 0.717) is 13.2 Å². The van der Waals surface area contributed by atoms with Crippen molar-refractivity contribution in [3.05, 3.63) is 23.8 Å². The molecule has 0 aromatic heterocycles. The van der Waals surface area contributed by atoms with Crippen molar-refractivity contribution in [2.75, 3.05) is 19.8 Å². The van der Waals surface area contributed by atoms with Crippen LogP contribution in [-0.2, 0) is 0 Å². The van der Waals surface area contributed by atoms with Gasteiger partial charge < -0.3 is 14.8 Å². The van der Waals surface area contributed by atoms with Crippen molar-refractivity contribution >= 4 is 0 Å². The summed E-state index contributed by atoms with van der Waals surface area (Å²) in [7, 11) is 0. The van der Waals surface area contributed by atoms with Crippen LogP contribution < -0.4 is 14.8 Å². The minimum Gasteiger partial charge on any atom is -0.490 e. The van der Waals surface area contributed by atoms with Crippen molar-refractivity contribution in [2.24, 2.45) is 0 Å². The lowest BCUT2D eigenvalue weighted by Gasteiger charge is -2.18. The van der Waals surface area contributed by atoms with Crippen LogP contribution in [0.15, 0.2) is 18.2 Å². The van der Waals surface area contributed by atoms with Gasteiger partial charge in [-0.3, -0.25) is 0 Å². The summed E-state index contributed by atoms with van der Waals surface area (Å²) in [6.07, 6.45) is 0.796. The van der Waals surface area contributed by atoms with Crippen LogP contribution in [0.3, 0.4) is 0 Å². The molecule has 0 bridgehead atoms. The lowest BCUT2D eigenvalue weighted by molar-refractivity contribution is 0.287. The number of benzene rings is 1. The highest BCUT2D eigenvalue weighted by atomic mass is 16.5. The summed E-state index contributed by atoms with van der Waals surface area (Å²) < 4.78 is 11.3. The fraction of sp³-hybridized carbons (Fsp3) is 0.529.